The molecule has 1 amide bonds. The minimum Gasteiger partial charge on any atom is -0.493 e. The average molecular weight is 399 g/mol. The minimum atomic E-state index is -0.591. The number of carbonyl (C=O) groups excluding carboxylic acids is 1. The van der Waals surface area contributed by atoms with Crippen LogP contribution in [-0.4, -0.2) is 49.6 Å². The van der Waals surface area contributed by atoms with Crippen LogP contribution in [-0.2, 0) is 0 Å². The molecule has 0 radical (unpaired) electrons. The Bertz CT molecular complexity index is 866. The molecule has 1 heterocycles. The van der Waals surface area contributed by atoms with Crippen LogP contribution in [0.15, 0.2) is 42.5 Å². The van der Waals surface area contributed by atoms with Crippen molar-refractivity contribution in [2.75, 3.05) is 33.9 Å². The highest BCUT2D eigenvalue weighted by molar-refractivity contribution is 5.99. The van der Waals surface area contributed by atoms with Crippen molar-refractivity contribution in [3.63, 3.8) is 0 Å². The first-order chi connectivity index (χ1) is 14.0. The largest absolute Gasteiger partial charge is 0.493 e. The molecule has 0 aliphatic carbocycles. The average Bonchev–Trinajstić information content (AvgIpc) is 3.28. The maximum atomic E-state index is 12.9. The first kappa shape index (κ1) is 20.6. The molecule has 0 spiro atoms. The third kappa shape index (κ3) is 4.65. The van der Waals surface area contributed by atoms with E-state index in [4.69, 9.17) is 9.47 Å². The Balaban J connectivity index is 1.84. The van der Waals surface area contributed by atoms with Gasteiger partial charge in [-0.3, -0.25) is 19.8 Å². The van der Waals surface area contributed by atoms with Gasteiger partial charge >= 0.3 is 0 Å². The van der Waals surface area contributed by atoms with Crippen LogP contribution in [0.2, 0.25) is 0 Å². The number of hydrogen-bond acceptors (Lipinski definition) is 6. The Labute approximate surface area is 169 Å². The van der Waals surface area contributed by atoms with Crippen molar-refractivity contribution in [3.05, 3.63) is 63.7 Å². The predicted octanol–water partition coefficient (Wildman–Crippen LogP) is 3.18. The smallest absolute Gasteiger partial charge is 0.286 e. The lowest BCUT2D eigenvalue weighted by molar-refractivity contribution is -0.385. The topological polar surface area (TPSA) is 93.9 Å². The Morgan fingerprint density at radius 3 is 2.34 bits per heavy atom. The van der Waals surface area contributed by atoms with Crippen LogP contribution in [0, 0.1) is 10.1 Å². The standard InChI is InChI=1S/C21H25N3O5/c1-28-19-12-16(17(24(26)27)13-20(19)29-2)21(25)22-14-18(23-10-6-7-11-23)15-8-4-3-5-9-15/h3-5,8-9,12-13,18H,6-7,10-11,14H2,1-2H3,(H,22,25)/t18-/m0/s1. The number of methoxy groups -OCH3 is 2. The summed E-state index contributed by atoms with van der Waals surface area (Å²) in [5, 5.41) is 14.4. The highest BCUT2D eigenvalue weighted by Gasteiger charge is 2.27. The zero-order valence-corrected chi connectivity index (χ0v) is 16.6. The quantitative estimate of drug-likeness (QED) is 0.541. The van der Waals surface area contributed by atoms with Crippen LogP contribution in [0.4, 0.5) is 5.69 Å². The lowest BCUT2D eigenvalue weighted by atomic mass is 10.0. The number of likely N-dealkylation sites (tertiary alicyclic amines) is 1. The molecule has 1 atom stereocenters. The molecule has 1 aliphatic heterocycles. The van der Waals surface area contributed by atoms with E-state index in [0.29, 0.717) is 6.54 Å². The summed E-state index contributed by atoms with van der Waals surface area (Å²) in [7, 11) is 2.81. The van der Waals surface area contributed by atoms with Gasteiger partial charge in [0, 0.05) is 12.6 Å². The van der Waals surface area contributed by atoms with Crippen LogP contribution in [0.25, 0.3) is 0 Å². The second kappa shape index (κ2) is 9.38. The summed E-state index contributed by atoms with van der Waals surface area (Å²) < 4.78 is 10.3. The van der Waals surface area contributed by atoms with Crippen LogP contribution < -0.4 is 14.8 Å². The van der Waals surface area contributed by atoms with Gasteiger partial charge in [0.05, 0.1) is 31.3 Å². The highest BCUT2D eigenvalue weighted by atomic mass is 16.6. The molecule has 29 heavy (non-hydrogen) atoms. The van der Waals surface area contributed by atoms with Gasteiger partial charge < -0.3 is 14.8 Å². The summed E-state index contributed by atoms with van der Waals surface area (Å²) >= 11 is 0. The molecule has 1 aliphatic rings. The molecular weight excluding hydrogens is 374 g/mol. The molecule has 8 nitrogen and oxygen atoms in total. The van der Waals surface area contributed by atoms with E-state index >= 15 is 0 Å². The van der Waals surface area contributed by atoms with E-state index in [-0.39, 0.29) is 28.8 Å². The van der Waals surface area contributed by atoms with Gasteiger partial charge in [0.15, 0.2) is 11.5 Å². The van der Waals surface area contributed by atoms with Crippen molar-refractivity contribution in [1.82, 2.24) is 10.2 Å². The van der Waals surface area contributed by atoms with E-state index in [0.717, 1.165) is 31.5 Å². The van der Waals surface area contributed by atoms with Crippen molar-refractivity contribution in [2.45, 2.75) is 18.9 Å². The van der Waals surface area contributed by atoms with E-state index < -0.39 is 10.8 Å². The number of rotatable bonds is 8. The Hall–Kier alpha value is -3.13. The molecular formula is C21H25N3O5. The van der Waals surface area contributed by atoms with Gasteiger partial charge in [-0.2, -0.15) is 0 Å². The van der Waals surface area contributed by atoms with Gasteiger partial charge in [-0.05, 0) is 31.5 Å². The molecule has 3 rings (SSSR count). The van der Waals surface area contributed by atoms with Crippen LogP contribution in [0.3, 0.4) is 0 Å². The predicted molar refractivity (Wildman–Crippen MR) is 109 cm³/mol. The lowest BCUT2D eigenvalue weighted by Gasteiger charge is -2.28. The summed E-state index contributed by atoms with van der Waals surface area (Å²) in [5.74, 6) is -0.0461. The Morgan fingerprint density at radius 2 is 1.76 bits per heavy atom. The van der Waals surface area contributed by atoms with Gasteiger partial charge in [-0.1, -0.05) is 30.3 Å². The van der Waals surface area contributed by atoms with Gasteiger partial charge in [-0.15, -0.1) is 0 Å². The molecule has 0 saturated carbocycles. The number of nitrogens with zero attached hydrogens (tertiary/aromatic N) is 2. The van der Waals surface area contributed by atoms with Gasteiger partial charge in [0.2, 0.25) is 0 Å². The second-order valence-corrected chi connectivity index (χ2v) is 6.86. The van der Waals surface area contributed by atoms with Crippen molar-refractivity contribution in [3.8, 4) is 11.5 Å². The molecule has 154 valence electrons. The van der Waals surface area contributed by atoms with Crippen molar-refractivity contribution in [2.24, 2.45) is 0 Å². The molecule has 0 unspecified atom stereocenters. The minimum absolute atomic E-state index is 0.0156. The summed E-state index contributed by atoms with van der Waals surface area (Å²) in [4.78, 5) is 26.1. The van der Waals surface area contributed by atoms with Gasteiger partial charge in [0.1, 0.15) is 5.56 Å². The Kier molecular flexibility index (Phi) is 6.66. The zero-order chi connectivity index (χ0) is 20.8. The summed E-state index contributed by atoms with van der Waals surface area (Å²) in [6, 6.07) is 12.5. The fourth-order valence-corrected chi connectivity index (χ4v) is 3.67. The number of carbonyl (C=O) groups is 1. The van der Waals surface area contributed by atoms with E-state index in [1.807, 2.05) is 30.3 Å². The van der Waals surface area contributed by atoms with Crippen LogP contribution in [0.1, 0.15) is 34.8 Å². The van der Waals surface area contributed by atoms with E-state index in [1.54, 1.807) is 0 Å². The SMILES string of the molecule is COc1cc(C(=O)NC[C@@H](c2ccccc2)N2CCCC2)c([N+](=O)[O-])cc1OC. The summed E-state index contributed by atoms with van der Waals surface area (Å²) in [6.07, 6.45) is 2.25. The molecule has 1 fully saturated rings. The van der Waals surface area contributed by atoms with Gasteiger partial charge in [-0.25, -0.2) is 0 Å². The van der Waals surface area contributed by atoms with Crippen LogP contribution >= 0.6 is 0 Å². The van der Waals surface area contributed by atoms with Crippen molar-refractivity contribution < 1.29 is 19.2 Å². The number of hydrogen-bond donors (Lipinski definition) is 1. The molecule has 0 bridgehead atoms. The first-order valence-corrected chi connectivity index (χ1v) is 9.52. The molecule has 1 saturated heterocycles. The molecule has 1 N–H and O–H groups in total. The monoisotopic (exact) mass is 399 g/mol. The second-order valence-electron chi connectivity index (χ2n) is 6.86. The number of benzene rings is 2. The number of nitro groups is 1. The summed E-state index contributed by atoms with van der Waals surface area (Å²) in [6.45, 7) is 2.28. The first-order valence-electron chi connectivity index (χ1n) is 9.52. The summed E-state index contributed by atoms with van der Waals surface area (Å²) in [5.41, 5.74) is 0.731. The lowest BCUT2D eigenvalue weighted by Crippen LogP contribution is -2.37. The number of amides is 1. The number of ether oxygens (including phenoxy) is 2. The maximum absolute atomic E-state index is 12.9. The highest BCUT2D eigenvalue weighted by Crippen LogP contribution is 2.34. The third-order valence-electron chi connectivity index (χ3n) is 5.16. The van der Waals surface area contributed by atoms with Crippen molar-refractivity contribution in [1.29, 1.82) is 0 Å². The van der Waals surface area contributed by atoms with Crippen molar-refractivity contribution >= 4 is 11.6 Å². The normalized spacial score (nSPS) is 15.0. The third-order valence-corrected chi connectivity index (χ3v) is 5.16. The van der Waals surface area contributed by atoms with E-state index in [9.17, 15) is 14.9 Å². The fourth-order valence-electron chi connectivity index (χ4n) is 3.67. The molecule has 2 aromatic rings. The fraction of sp³-hybridized carbons (Fsp3) is 0.381. The number of nitro benzene ring substituents is 1. The van der Waals surface area contributed by atoms with Crippen LogP contribution in [0.5, 0.6) is 11.5 Å². The molecule has 2 aromatic carbocycles. The van der Waals surface area contributed by atoms with E-state index in [1.165, 1.54) is 26.4 Å². The Morgan fingerprint density at radius 1 is 1.14 bits per heavy atom. The molecule has 0 aromatic heterocycles. The van der Waals surface area contributed by atoms with E-state index in [2.05, 4.69) is 10.2 Å². The number of nitrogens with one attached hydrogen (secondary N) is 1. The zero-order valence-electron chi connectivity index (χ0n) is 16.6. The molecule has 8 heteroatoms. The van der Waals surface area contributed by atoms with Gasteiger partial charge in [0.25, 0.3) is 11.6 Å². The maximum Gasteiger partial charge on any atom is 0.286 e.